The van der Waals surface area contributed by atoms with Crippen LogP contribution in [0.25, 0.3) is 6.08 Å². The molecular weight excluding hydrogens is 510 g/mol. The maximum absolute atomic E-state index is 12.4. The number of benzene rings is 3. The molecule has 1 heterocycles. The van der Waals surface area contributed by atoms with E-state index in [9.17, 15) is 4.79 Å². The molecule has 0 saturated carbocycles. The monoisotopic (exact) mass is 527 g/mol. The Morgan fingerprint density at radius 1 is 1.03 bits per heavy atom. The van der Waals surface area contributed by atoms with Crippen molar-refractivity contribution in [1.82, 2.24) is 0 Å². The molecule has 1 aliphatic heterocycles. The smallest absolute Gasteiger partial charge is 0.363 e. The van der Waals surface area contributed by atoms with Crippen LogP contribution in [0.15, 0.2) is 75.8 Å². The summed E-state index contributed by atoms with van der Waals surface area (Å²) < 4.78 is 23.3. The number of carbonyl (C=O) groups excluding carboxylic acids is 1. The molecule has 0 radical (unpaired) electrons. The minimum Gasteiger partial charge on any atom is -0.493 e. The van der Waals surface area contributed by atoms with Crippen molar-refractivity contribution in [3.63, 3.8) is 0 Å². The molecule has 168 valence electrons. The molecule has 1 aliphatic rings. The average molecular weight is 529 g/mol. The lowest BCUT2D eigenvalue weighted by molar-refractivity contribution is -0.129. The zero-order valence-corrected chi connectivity index (χ0v) is 20.1. The van der Waals surface area contributed by atoms with Crippen LogP contribution in [-0.2, 0) is 16.1 Å². The van der Waals surface area contributed by atoms with E-state index in [0.717, 1.165) is 10.0 Å². The number of aliphatic imine (C=N–C) groups is 1. The maximum Gasteiger partial charge on any atom is 0.363 e. The fourth-order valence-electron chi connectivity index (χ4n) is 3.18. The summed E-state index contributed by atoms with van der Waals surface area (Å²) in [6.07, 6.45) is 1.59. The highest BCUT2D eigenvalue weighted by Gasteiger charge is 2.26. The number of carbonyl (C=O) groups is 1. The predicted octanol–water partition coefficient (Wildman–Crippen LogP) is 6.04. The summed E-state index contributed by atoms with van der Waals surface area (Å²) in [5.74, 6) is 0.961. The van der Waals surface area contributed by atoms with E-state index in [2.05, 4.69) is 20.9 Å². The highest BCUT2D eigenvalue weighted by Crippen LogP contribution is 2.40. The Balaban J connectivity index is 1.63. The molecule has 0 fully saturated rings. The van der Waals surface area contributed by atoms with E-state index in [4.69, 9.17) is 30.5 Å². The second kappa shape index (κ2) is 10.1. The topological polar surface area (TPSA) is 66.4 Å². The third kappa shape index (κ3) is 5.21. The van der Waals surface area contributed by atoms with Crippen molar-refractivity contribution in [2.45, 2.75) is 6.61 Å². The van der Waals surface area contributed by atoms with E-state index < -0.39 is 5.97 Å². The van der Waals surface area contributed by atoms with Gasteiger partial charge < -0.3 is 18.9 Å². The Morgan fingerprint density at radius 3 is 2.33 bits per heavy atom. The van der Waals surface area contributed by atoms with Gasteiger partial charge in [0, 0.05) is 4.47 Å². The van der Waals surface area contributed by atoms with E-state index in [1.165, 1.54) is 14.2 Å². The number of nitrogens with zero attached hydrogens (tertiary/aromatic N) is 1. The summed E-state index contributed by atoms with van der Waals surface area (Å²) in [4.78, 5) is 16.7. The predicted molar refractivity (Wildman–Crippen MR) is 130 cm³/mol. The van der Waals surface area contributed by atoms with Gasteiger partial charge in [0.1, 0.15) is 6.61 Å². The van der Waals surface area contributed by atoms with Crippen LogP contribution in [0.3, 0.4) is 0 Å². The molecule has 0 unspecified atom stereocenters. The molecule has 3 aromatic carbocycles. The molecule has 0 bridgehead atoms. The quantitative estimate of drug-likeness (QED) is 0.276. The fraction of sp³-hybridized carbons (Fsp3) is 0.120. The van der Waals surface area contributed by atoms with Crippen LogP contribution in [0.1, 0.15) is 16.7 Å². The van der Waals surface area contributed by atoms with Gasteiger partial charge in [-0.05, 0) is 53.6 Å². The van der Waals surface area contributed by atoms with E-state index in [1.807, 2.05) is 24.3 Å². The van der Waals surface area contributed by atoms with Gasteiger partial charge in [-0.2, -0.15) is 0 Å². The van der Waals surface area contributed by atoms with Gasteiger partial charge in [-0.25, -0.2) is 9.79 Å². The van der Waals surface area contributed by atoms with Crippen LogP contribution in [0.5, 0.6) is 17.2 Å². The summed E-state index contributed by atoms with van der Waals surface area (Å²) in [7, 11) is 3.07. The van der Waals surface area contributed by atoms with Crippen LogP contribution in [0, 0.1) is 0 Å². The molecule has 0 saturated heterocycles. The summed E-state index contributed by atoms with van der Waals surface area (Å²) in [6, 6.07) is 18.3. The lowest BCUT2D eigenvalue weighted by atomic mass is 10.1. The molecule has 0 N–H and O–H groups in total. The normalized spacial score (nSPS) is 14.1. The Labute approximate surface area is 204 Å². The third-order valence-electron chi connectivity index (χ3n) is 4.81. The van der Waals surface area contributed by atoms with Crippen molar-refractivity contribution in [3.8, 4) is 17.2 Å². The summed E-state index contributed by atoms with van der Waals surface area (Å²) >= 11 is 9.62. The molecular formula is C25H19BrClNO5. The molecule has 0 aromatic heterocycles. The lowest BCUT2D eigenvalue weighted by Crippen LogP contribution is -2.05. The lowest BCUT2D eigenvalue weighted by Gasteiger charge is -2.15. The Hall–Kier alpha value is -3.29. The van der Waals surface area contributed by atoms with Gasteiger partial charge in [-0.1, -0.05) is 51.8 Å². The van der Waals surface area contributed by atoms with E-state index in [1.54, 1.807) is 42.5 Å². The van der Waals surface area contributed by atoms with Crippen molar-refractivity contribution in [2.75, 3.05) is 14.2 Å². The molecule has 8 heteroatoms. The van der Waals surface area contributed by atoms with Gasteiger partial charge in [-0.15, -0.1) is 0 Å². The minimum atomic E-state index is -0.571. The van der Waals surface area contributed by atoms with Crippen molar-refractivity contribution in [3.05, 3.63) is 92.5 Å². The van der Waals surface area contributed by atoms with Gasteiger partial charge >= 0.3 is 5.97 Å². The molecule has 0 atom stereocenters. The van der Waals surface area contributed by atoms with Crippen LogP contribution >= 0.6 is 27.5 Å². The van der Waals surface area contributed by atoms with Crippen molar-refractivity contribution in [1.29, 1.82) is 0 Å². The molecule has 6 nitrogen and oxygen atoms in total. The summed E-state index contributed by atoms with van der Waals surface area (Å²) in [5, 5.41) is 0.445. The molecule has 3 aromatic rings. The van der Waals surface area contributed by atoms with Gasteiger partial charge in [0.25, 0.3) is 0 Å². The number of ether oxygens (including phenoxy) is 4. The van der Waals surface area contributed by atoms with E-state index >= 15 is 0 Å². The van der Waals surface area contributed by atoms with E-state index in [0.29, 0.717) is 40.0 Å². The molecule has 0 aliphatic carbocycles. The van der Waals surface area contributed by atoms with Crippen LogP contribution in [0.4, 0.5) is 0 Å². The first-order valence-electron chi connectivity index (χ1n) is 9.89. The summed E-state index contributed by atoms with van der Waals surface area (Å²) in [5.41, 5.74) is 2.31. The first kappa shape index (κ1) is 22.9. The largest absolute Gasteiger partial charge is 0.493 e. The second-order valence-electron chi connectivity index (χ2n) is 6.99. The number of halogens is 2. The minimum absolute atomic E-state index is 0.137. The Morgan fingerprint density at radius 2 is 1.70 bits per heavy atom. The van der Waals surface area contributed by atoms with Crippen LogP contribution < -0.4 is 14.2 Å². The molecule has 0 amide bonds. The zero-order chi connectivity index (χ0) is 23.4. The van der Waals surface area contributed by atoms with Crippen molar-refractivity contribution >= 4 is 45.5 Å². The fourth-order valence-corrected chi connectivity index (χ4v) is 3.66. The van der Waals surface area contributed by atoms with Gasteiger partial charge in [-0.3, -0.25) is 0 Å². The number of esters is 1. The first-order chi connectivity index (χ1) is 16.0. The van der Waals surface area contributed by atoms with E-state index in [-0.39, 0.29) is 11.6 Å². The maximum atomic E-state index is 12.4. The second-order valence-corrected chi connectivity index (χ2v) is 8.31. The number of hydrogen-bond acceptors (Lipinski definition) is 6. The van der Waals surface area contributed by atoms with Gasteiger partial charge in [0.05, 0.1) is 24.8 Å². The first-order valence-corrected chi connectivity index (χ1v) is 11.1. The average Bonchev–Trinajstić information content (AvgIpc) is 3.18. The van der Waals surface area contributed by atoms with Crippen LogP contribution in [0.2, 0.25) is 5.02 Å². The summed E-state index contributed by atoms with van der Waals surface area (Å²) in [6.45, 7) is 0.332. The van der Waals surface area contributed by atoms with Crippen molar-refractivity contribution < 1.29 is 23.7 Å². The number of rotatable bonds is 7. The van der Waals surface area contributed by atoms with Gasteiger partial charge in [0.2, 0.25) is 11.6 Å². The number of cyclic esters (lactones) is 1. The Kier molecular flexibility index (Phi) is 7.01. The van der Waals surface area contributed by atoms with Crippen molar-refractivity contribution in [2.24, 2.45) is 4.99 Å². The SMILES string of the molecule is COc1cc(C=C2N=C(c3ccccc3Cl)OC2=O)cc(OC)c1OCc1ccc(Br)cc1. The zero-order valence-electron chi connectivity index (χ0n) is 17.8. The standard InChI is InChI=1S/C25H19BrClNO5/c1-30-21-12-16(11-20-25(29)33-24(28-20)18-5-3-4-6-19(18)27)13-22(31-2)23(21)32-14-15-7-9-17(26)10-8-15/h3-13H,14H2,1-2H3. The van der Waals surface area contributed by atoms with Crippen LogP contribution in [-0.4, -0.2) is 26.1 Å². The third-order valence-corrected chi connectivity index (χ3v) is 5.67. The highest BCUT2D eigenvalue weighted by molar-refractivity contribution is 9.10. The Bertz CT molecular complexity index is 1230. The number of hydrogen-bond donors (Lipinski definition) is 0. The molecule has 0 spiro atoms. The number of methoxy groups -OCH3 is 2. The molecule has 4 rings (SSSR count). The molecule has 33 heavy (non-hydrogen) atoms. The highest BCUT2D eigenvalue weighted by atomic mass is 79.9. The van der Waals surface area contributed by atoms with Gasteiger partial charge in [0.15, 0.2) is 17.2 Å².